The first-order valence-electron chi connectivity index (χ1n) is 3.64. The van der Waals surface area contributed by atoms with Crippen molar-refractivity contribution < 1.29 is 9.47 Å². The van der Waals surface area contributed by atoms with Crippen LogP contribution in [0.4, 0.5) is 0 Å². The highest BCUT2D eigenvalue weighted by Crippen LogP contribution is 2.24. The van der Waals surface area contributed by atoms with Gasteiger partial charge in [0.1, 0.15) is 0 Å². The molecule has 0 amide bonds. The third-order valence-corrected chi connectivity index (χ3v) is 2.13. The van der Waals surface area contributed by atoms with Crippen LogP contribution in [-0.2, 0) is 9.47 Å². The molecule has 2 fully saturated rings. The Kier molecular flexibility index (Phi) is 1.44. The van der Waals surface area contributed by atoms with Crippen molar-refractivity contribution in [1.29, 1.82) is 0 Å². The Morgan fingerprint density at radius 1 is 1.22 bits per heavy atom. The highest BCUT2D eigenvalue weighted by Gasteiger charge is 2.26. The Morgan fingerprint density at radius 2 is 2.22 bits per heavy atom. The van der Waals surface area contributed by atoms with Crippen LogP contribution in [0.5, 0.6) is 0 Å². The predicted octanol–water partition coefficient (Wildman–Crippen LogP) is 0.812. The molecular weight excluding hydrogens is 116 g/mol. The van der Waals surface area contributed by atoms with E-state index in [1.165, 1.54) is 12.8 Å². The maximum atomic E-state index is 5.42. The topological polar surface area (TPSA) is 18.5 Å². The molecule has 0 radical (unpaired) electrons. The molecule has 2 heteroatoms. The zero-order valence-corrected chi connectivity index (χ0v) is 5.51. The van der Waals surface area contributed by atoms with Crippen molar-refractivity contribution in [2.75, 3.05) is 19.8 Å². The van der Waals surface area contributed by atoms with Crippen LogP contribution in [0.3, 0.4) is 0 Å². The first-order valence-corrected chi connectivity index (χ1v) is 3.64. The van der Waals surface area contributed by atoms with Crippen LogP contribution in [0.1, 0.15) is 12.8 Å². The van der Waals surface area contributed by atoms with Gasteiger partial charge >= 0.3 is 0 Å². The van der Waals surface area contributed by atoms with Gasteiger partial charge < -0.3 is 9.47 Å². The van der Waals surface area contributed by atoms with E-state index in [4.69, 9.17) is 9.47 Å². The number of rotatable bonds is 0. The number of fused-ring (bicyclic) bond motifs is 2. The molecule has 0 aromatic carbocycles. The van der Waals surface area contributed by atoms with E-state index >= 15 is 0 Å². The van der Waals surface area contributed by atoms with Crippen LogP contribution >= 0.6 is 0 Å². The second kappa shape index (κ2) is 2.27. The predicted molar refractivity (Wildman–Crippen MR) is 33.3 cm³/mol. The zero-order valence-electron chi connectivity index (χ0n) is 5.51. The highest BCUT2D eigenvalue weighted by molar-refractivity contribution is 4.74. The minimum Gasteiger partial charge on any atom is -0.378 e. The molecule has 2 rings (SSSR count). The van der Waals surface area contributed by atoms with Gasteiger partial charge in [0.05, 0.1) is 12.7 Å². The fourth-order valence-corrected chi connectivity index (χ4v) is 1.59. The standard InChI is InChI=1S/C7H12O2/c1-2-9-7-3-6(1)4-8-5-7/h6-7H,1-5H2. The first kappa shape index (κ1) is 5.69. The fourth-order valence-electron chi connectivity index (χ4n) is 1.59. The third-order valence-electron chi connectivity index (χ3n) is 2.13. The molecule has 2 aliphatic rings. The van der Waals surface area contributed by atoms with Crippen molar-refractivity contribution in [1.82, 2.24) is 0 Å². The average Bonchev–Trinajstić information content (AvgIpc) is 1.88. The summed E-state index contributed by atoms with van der Waals surface area (Å²) in [7, 11) is 0. The summed E-state index contributed by atoms with van der Waals surface area (Å²) in [5.74, 6) is 0.803. The van der Waals surface area contributed by atoms with E-state index in [0.29, 0.717) is 6.10 Å². The molecule has 2 bridgehead atoms. The number of hydrogen-bond acceptors (Lipinski definition) is 2. The molecule has 0 spiro atoms. The van der Waals surface area contributed by atoms with E-state index in [-0.39, 0.29) is 0 Å². The maximum absolute atomic E-state index is 5.42. The van der Waals surface area contributed by atoms with Gasteiger partial charge in [0.15, 0.2) is 0 Å². The Labute approximate surface area is 55.1 Å². The molecule has 0 aliphatic carbocycles. The molecule has 52 valence electrons. The van der Waals surface area contributed by atoms with Crippen molar-refractivity contribution in [2.24, 2.45) is 5.92 Å². The lowest BCUT2D eigenvalue weighted by molar-refractivity contribution is -0.112. The van der Waals surface area contributed by atoms with Gasteiger partial charge in [-0.2, -0.15) is 0 Å². The van der Waals surface area contributed by atoms with Gasteiger partial charge in [-0.05, 0) is 18.8 Å². The molecule has 2 atom stereocenters. The molecule has 0 N–H and O–H groups in total. The molecule has 0 aromatic rings. The zero-order chi connectivity index (χ0) is 6.10. The lowest BCUT2D eigenvalue weighted by Gasteiger charge is -2.33. The van der Waals surface area contributed by atoms with E-state index in [1.807, 2.05) is 0 Å². The van der Waals surface area contributed by atoms with Crippen molar-refractivity contribution in [3.63, 3.8) is 0 Å². The number of hydrogen-bond donors (Lipinski definition) is 0. The molecule has 2 aliphatic heterocycles. The maximum Gasteiger partial charge on any atom is 0.0812 e. The van der Waals surface area contributed by atoms with Gasteiger partial charge in [0, 0.05) is 13.2 Å². The molecule has 2 nitrogen and oxygen atoms in total. The average molecular weight is 128 g/mol. The van der Waals surface area contributed by atoms with Gasteiger partial charge in [0.2, 0.25) is 0 Å². The summed E-state index contributed by atoms with van der Waals surface area (Å²) >= 11 is 0. The summed E-state index contributed by atoms with van der Waals surface area (Å²) in [6.45, 7) is 2.76. The van der Waals surface area contributed by atoms with E-state index in [9.17, 15) is 0 Å². The van der Waals surface area contributed by atoms with Crippen LogP contribution in [0, 0.1) is 5.92 Å². The summed E-state index contributed by atoms with van der Waals surface area (Å²) in [6.07, 6.45) is 2.87. The molecule has 2 saturated heterocycles. The van der Waals surface area contributed by atoms with Crippen LogP contribution in [-0.4, -0.2) is 25.9 Å². The summed E-state index contributed by atoms with van der Waals surface area (Å²) in [5, 5.41) is 0. The van der Waals surface area contributed by atoms with E-state index < -0.39 is 0 Å². The van der Waals surface area contributed by atoms with Gasteiger partial charge in [0.25, 0.3) is 0 Å². The summed E-state index contributed by atoms with van der Waals surface area (Å²) in [5.41, 5.74) is 0. The van der Waals surface area contributed by atoms with E-state index in [2.05, 4.69) is 0 Å². The Balaban J connectivity index is 1.96. The van der Waals surface area contributed by atoms with Gasteiger partial charge in [-0.15, -0.1) is 0 Å². The van der Waals surface area contributed by atoms with Crippen LogP contribution < -0.4 is 0 Å². The molecule has 9 heavy (non-hydrogen) atoms. The minimum absolute atomic E-state index is 0.428. The lowest BCUT2D eigenvalue weighted by Crippen LogP contribution is -2.36. The van der Waals surface area contributed by atoms with Gasteiger partial charge in [-0.3, -0.25) is 0 Å². The molecule has 0 aromatic heterocycles. The number of ether oxygens (including phenoxy) is 2. The van der Waals surface area contributed by atoms with E-state index in [0.717, 1.165) is 25.7 Å². The fraction of sp³-hybridized carbons (Fsp3) is 1.00. The van der Waals surface area contributed by atoms with Crippen LogP contribution in [0.25, 0.3) is 0 Å². The highest BCUT2D eigenvalue weighted by atomic mass is 16.5. The van der Waals surface area contributed by atoms with Gasteiger partial charge in [-0.25, -0.2) is 0 Å². The quantitative estimate of drug-likeness (QED) is 0.480. The smallest absolute Gasteiger partial charge is 0.0812 e. The second-order valence-electron chi connectivity index (χ2n) is 2.92. The normalized spacial score (nSPS) is 42.7. The first-order chi connectivity index (χ1) is 4.45. The monoisotopic (exact) mass is 128 g/mol. The van der Waals surface area contributed by atoms with Crippen molar-refractivity contribution in [2.45, 2.75) is 18.9 Å². The summed E-state index contributed by atoms with van der Waals surface area (Å²) < 4.78 is 10.7. The molecular formula is C7H12O2. The second-order valence-corrected chi connectivity index (χ2v) is 2.92. The van der Waals surface area contributed by atoms with Crippen molar-refractivity contribution in [3.8, 4) is 0 Å². The minimum atomic E-state index is 0.428. The van der Waals surface area contributed by atoms with Crippen LogP contribution in [0.15, 0.2) is 0 Å². The lowest BCUT2D eigenvalue weighted by atomic mass is 9.95. The summed E-state index contributed by atoms with van der Waals surface area (Å²) in [6, 6.07) is 0. The van der Waals surface area contributed by atoms with Crippen LogP contribution in [0.2, 0.25) is 0 Å². The Bertz CT molecular complexity index is 83.1. The van der Waals surface area contributed by atoms with Crippen molar-refractivity contribution in [3.05, 3.63) is 0 Å². The Hall–Kier alpha value is -0.0800. The molecule has 2 unspecified atom stereocenters. The molecule has 2 heterocycles. The van der Waals surface area contributed by atoms with Crippen molar-refractivity contribution >= 4 is 0 Å². The Morgan fingerprint density at radius 3 is 3.00 bits per heavy atom. The summed E-state index contributed by atoms with van der Waals surface area (Å²) in [4.78, 5) is 0. The SMILES string of the molecule is C1CC2COCC(C2)O1. The third kappa shape index (κ3) is 1.10. The van der Waals surface area contributed by atoms with E-state index in [1.54, 1.807) is 0 Å². The van der Waals surface area contributed by atoms with Gasteiger partial charge in [-0.1, -0.05) is 0 Å². The molecule has 0 saturated carbocycles. The largest absolute Gasteiger partial charge is 0.378 e.